The number of para-hydroxylation sites is 1. The maximum Gasteiger partial charge on any atom is 0.271 e. The quantitative estimate of drug-likeness (QED) is 0.287. The van der Waals surface area contributed by atoms with Crippen LogP contribution in [0.2, 0.25) is 0 Å². The standard InChI is InChI=1S/C22H16N4O4/c23-22-13-20(15-7-10-19(11-8-15)30-18-4-2-1-3-5-18)24-25(22)21-12-17(26(28)29)9-6-16(21)14-27/h1-14H,23H2. The lowest BCUT2D eigenvalue weighted by Crippen LogP contribution is -2.05. The zero-order valence-electron chi connectivity index (χ0n) is 15.6. The maximum atomic E-state index is 11.4. The van der Waals surface area contributed by atoms with Gasteiger partial charge in [-0.05, 0) is 42.5 Å². The zero-order chi connectivity index (χ0) is 21.1. The molecule has 30 heavy (non-hydrogen) atoms. The van der Waals surface area contributed by atoms with Gasteiger partial charge in [0.05, 0.1) is 16.3 Å². The van der Waals surface area contributed by atoms with E-state index in [2.05, 4.69) is 5.10 Å². The summed E-state index contributed by atoms with van der Waals surface area (Å²) >= 11 is 0. The Bertz CT molecular complexity index is 1220. The minimum absolute atomic E-state index is 0.158. The van der Waals surface area contributed by atoms with E-state index in [1.54, 1.807) is 6.07 Å². The Kier molecular flexibility index (Phi) is 4.96. The highest BCUT2D eigenvalue weighted by molar-refractivity contribution is 5.82. The molecule has 0 radical (unpaired) electrons. The molecule has 0 saturated heterocycles. The van der Waals surface area contributed by atoms with Crippen molar-refractivity contribution in [1.29, 1.82) is 0 Å². The number of nitrogen functional groups attached to an aromatic ring is 1. The molecule has 1 aromatic heterocycles. The Morgan fingerprint density at radius 2 is 1.67 bits per heavy atom. The van der Waals surface area contributed by atoms with E-state index in [0.717, 1.165) is 11.3 Å². The molecule has 1 heterocycles. The number of aldehydes is 1. The van der Waals surface area contributed by atoms with Crippen LogP contribution in [0.4, 0.5) is 11.5 Å². The van der Waals surface area contributed by atoms with Crippen LogP contribution >= 0.6 is 0 Å². The molecule has 0 fully saturated rings. The van der Waals surface area contributed by atoms with Crippen molar-refractivity contribution in [3.8, 4) is 28.4 Å². The van der Waals surface area contributed by atoms with E-state index in [1.807, 2.05) is 54.6 Å². The van der Waals surface area contributed by atoms with Gasteiger partial charge in [0.2, 0.25) is 0 Å². The summed E-state index contributed by atoms with van der Waals surface area (Å²) < 4.78 is 7.10. The molecule has 8 nitrogen and oxygen atoms in total. The smallest absolute Gasteiger partial charge is 0.271 e. The van der Waals surface area contributed by atoms with E-state index in [4.69, 9.17) is 10.5 Å². The predicted octanol–water partition coefficient (Wildman–Crippen LogP) is 4.63. The second-order valence-corrected chi connectivity index (χ2v) is 6.42. The highest BCUT2D eigenvalue weighted by Gasteiger charge is 2.16. The van der Waals surface area contributed by atoms with Crippen LogP contribution in [0, 0.1) is 10.1 Å². The Balaban J connectivity index is 1.65. The normalized spacial score (nSPS) is 10.5. The highest BCUT2D eigenvalue weighted by Crippen LogP contribution is 2.29. The average Bonchev–Trinajstić information content (AvgIpc) is 3.16. The van der Waals surface area contributed by atoms with Gasteiger partial charge in [0.15, 0.2) is 6.29 Å². The van der Waals surface area contributed by atoms with Gasteiger partial charge < -0.3 is 10.5 Å². The van der Waals surface area contributed by atoms with Gasteiger partial charge in [0.25, 0.3) is 5.69 Å². The summed E-state index contributed by atoms with van der Waals surface area (Å²) in [5.41, 5.74) is 7.75. The van der Waals surface area contributed by atoms with E-state index < -0.39 is 4.92 Å². The zero-order valence-corrected chi connectivity index (χ0v) is 15.6. The molecule has 0 unspecified atom stereocenters. The van der Waals surface area contributed by atoms with Crippen LogP contribution in [0.15, 0.2) is 78.9 Å². The van der Waals surface area contributed by atoms with Crippen LogP contribution in [0.5, 0.6) is 11.5 Å². The number of nitro benzene ring substituents is 1. The number of ether oxygens (including phenoxy) is 1. The summed E-state index contributed by atoms with van der Waals surface area (Å²) in [5.74, 6) is 1.64. The first-order valence-corrected chi connectivity index (χ1v) is 8.98. The first-order chi connectivity index (χ1) is 14.5. The summed E-state index contributed by atoms with van der Waals surface area (Å²) in [6.45, 7) is 0. The SMILES string of the molecule is Nc1cc(-c2ccc(Oc3ccccc3)cc2)nn1-c1cc([N+](=O)[O-])ccc1C=O. The van der Waals surface area contributed by atoms with Crippen LogP contribution in [-0.4, -0.2) is 21.0 Å². The van der Waals surface area contributed by atoms with Crippen LogP contribution in [-0.2, 0) is 0 Å². The molecule has 0 saturated carbocycles. The summed E-state index contributed by atoms with van der Waals surface area (Å²) in [7, 11) is 0. The second kappa shape index (κ2) is 7.88. The summed E-state index contributed by atoms with van der Waals surface area (Å²) in [6, 6.07) is 22.2. The fourth-order valence-corrected chi connectivity index (χ4v) is 2.98. The average molecular weight is 400 g/mol. The van der Waals surface area contributed by atoms with E-state index in [9.17, 15) is 14.9 Å². The molecule has 0 aliphatic carbocycles. The summed E-state index contributed by atoms with van der Waals surface area (Å²) in [6.07, 6.45) is 0.607. The number of anilines is 1. The lowest BCUT2D eigenvalue weighted by Gasteiger charge is -2.07. The largest absolute Gasteiger partial charge is 0.457 e. The number of non-ortho nitro benzene ring substituents is 1. The summed E-state index contributed by atoms with van der Waals surface area (Å²) in [4.78, 5) is 22.0. The van der Waals surface area contributed by atoms with Gasteiger partial charge in [-0.1, -0.05) is 18.2 Å². The van der Waals surface area contributed by atoms with Crippen LogP contribution in [0.3, 0.4) is 0 Å². The van der Waals surface area contributed by atoms with Crippen LogP contribution < -0.4 is 10.5 Å². The molecule has 0 aliphatic heterocycles. The van der Waals surface area contributed by atoms with Crippen LogP contribution in [0.25, 0.3) is 16.9 Å². The molecule has 2 N–H and O–H groups in total. The fraction of sp³-hybridized carbons (Fsp3) is 0. The van der Waals surface area contributed by atoms with Gasteiger partial charge in [-0.25, -0.2) is 4.68 Å². The van der Waals surface area contributed by atoms with Gasteiger partial charge >= 0.3 is 0 Å². The molecule has 8 heteroatoms. The molecule has 0 amide bonds. The first kappa shape index (κ1) is 18.9. The van der Waals surface area contributed by atoms with Gasteiger partial charge in [-0.3, -0.25) is 14.9 Å². The van der Waals surface area contributed by atoms with Crippen LogP contribution in [0.1, 0.15) is 10.4 Å². The lowest BCUT2D eigenvalue weighted by molar-refractivity contribution is -0.384. The number of nitro groups is 1. The minimum Gasteiger partial charge on any atom is -0.457 e. The molecular formula is C22H16N4O4. The van der Waals surface area contributed by atoms with Crippen molar-refractivity contribution < 1.29 is 14.5 Å². The Labute approximate surface area is 171 Å². The monoisotopic (exact) mass is 400 g/mol. The molecular weight excluding hydrogens is 384 g/mol. The third-order valence-electron chi connectivity index (χ3n) is 4.45. The van der Waals surface area contributed by atoms with Crippen molar-refractivity contribution in [2.24, 2.45) is 0 Å². The topological polar surface area (TPSA) is 113 Å². The van der Waals surface area contributed by atoms with E-state index in [0.29, 0.717) is 17.7 Å². The molecule has 4 aromatic rings. The Morgan fingerprint density at radius 3 is 2.33 bits per heavy atom. The Morgan fingerprint density at radius 1 is 0.967 bits per heavy atom. The van der Waals surface area contributed by atoms with Crippen molar-refractivity contribution in [2.75, 3.05) is 5.73 Å². The van der Waals surface area contributed by atoms with Crippen molar-refractivity contribution in [3.63, 3.8) is 0 Å². The number of hydrogen-bond donors (Lipinski definition) is 1. The number of aromatic nitrogens is 2. The molecule has 0 bridgehead atoms. The number of benzene rings is 3. The van der Waals surface area contributed by atoms with Gasteiger partial charge in [-0.15, -0.1) is 0 Å². The Hall–Kier alpha value is -4.46. The number of nitrogens with two attached hydrogens (primary N) is 1. The molecule has 0 atom stereocenters. The molecule has 148 valence electrons. The number of carbonyl (C=O) groups excluding carboxylic acids is 1. The predicted molar refractivity (Wildman–Crippen MR) is 112 cm³/mol. The minimum atomic E-state index is -0.538. The fourth-order valence-electron chi connectivity index (χ4n) is 2.98. The molecule has 0 spiro atoms. The third kappa shape index (κ3) is 3.74. The number of rotatable bonds is 6. The molecule has 3 aromatic carbocycles. The lowest BCUT2D eigenvalue weighted by atomic mass is 10.1. The molecule has 4 rings (SSSR count). The van der Waals surface area contributed by atoms with Crippen molar-refractivity contribution in [3.05, 3.63) is 94.5 Å². The highest BCUT2D eigenvalue weighted by atomic mass is 16.6. The third-order valence-corrected chi connectivity index (χ3v) is 4.45. The van der Waals surface area contributed by atoms with E-state index >= 15 is 0 Å². The first-order valence-electron chi connectivity index (χ1n) is 8.98. The number of carbonyl (C=O) groups is 1. The van der Waals surface area contributed by atoms with Gasteiger partial charge in [0, 0.05) is 29.3 Å². The number of nitrogens with zero attached hydrogens (tertiary/aromatic N) is 3. The van der Waals surface area contributed by atoms with Gasteiger partial charge in [0.1, 0.15) is 17.3 Å². The number of hydrogen-bond acceptors (Lipinski definition) is 6. The van der Waals surface area contributed by atoms with Gasteiger partial charge in [-0.2, -0.15) is 5.10 Å². The summed E-state index contributed by atoms with van der Waals surface area (Å²) in [5, 5.41) is 15.5. The maximum absolute atomic E-state index is 11.4. The second-order valence-electron chi connectivity index (χ2n) is 6.42. The van der Waals surface area contributed by atoms with Crippen molar-refractivity contribution in [2.45, 2.75) is 0 Å². The van der Waals surface area contributed by atoms with E-state index in [1.165, 1.54) is 22.9 Å². The van der Waals surface area contributed by atoms with E-state index in [-0.39, 0.29) is 22.8 Å². The van der Waals surface area contributed by atoms with Crippen molar-refractivity contribution in [1.82, 2.24) is 9.78 Å². The molecule has 0 aliphatic rings. The van der Waals surface area contributed by atoms with Crippen molar-refractivity contribution >= 4 is 17.8 Å².